The molecule has 0 bridgehead atoms. The fraction of sp³-hybridized carbons (Fsp3) is 0.300. The van der Waals surface area contributed by atoms with Crippen molar-refractivity contribution < 1.29 is 9.90 Å². The predicted molar refractivity (Wildman–Crippen MR) is 61.3 cm³/mol. The zero-order valence-corrected chi connectivity index (χ0v) is 9.09. The summed E-state index contributed by atoms with van der Waals surface area (Å²) in [6, 6.07) is 7.29. The molecule has 0 spiro atoms. The van der Waals surface area contributed by atoms with Crippen LogP contribution in [0.15, 0.2) is 24.3 Å². The Hall–Kier alpha value is -1.04. The molecule has 5 heteroatoms. The first-order valence-electron chi connectivity index (χ1n) is 4.57. The molecular formula is C10H14N2O2S. The Kier molecular flexibility index (Phi) is 5.17. The SMILES string of the molecule is NNC(=O)c1ccccc1CSCCO. The highest BCUT2D eigenvalue weighted by Gasteiger charge is 2.08. The fourth-order valence-electron chi connectivity index (χ4n) is 1.19. The summed E-state index contributed by atoms with van der Waals surface area (Å²) in [6.45, 7) is 0.149. The maximum absolute atomic E-state index is 11.4. The monoisotopic (exact) mass is 226 g/mol. The van der Waals surface area contributed by atoms with Crippen LogP contribution in [0.25, 0.3) is 0 Å². The minimum absolute atomic E-state index is 0.149. The zero-order chi connectivity index (χ0) is 11.1. The van der Waals surface area contributed by atoms with E-state index in [0.717, 1.165) is 5.56 Å². The molecule has 1 amide bonds. The average Bonchev–Trinajstić information content (AvgIpc) is 2.29. The van der Waals surface area contributed by atoms with E-state index < -0.39 is 0 Å². The summed E-state index contributed by atoms with van der Waals surface area (Å²) in [6.07, 6.45) is 0. The first-order valence-corrected chi connectivity index (χ1v) is 5.72. The van der Waals surface area contributed by atoms with Gasteiger partial charge in [0.2, 0.25) is 0 Å². The van der Waals surface area contributed by atoms with Crippen molar-refractivity contribution in [1.29, 1.82) is 0 Å². The van der Waals surface area contributed by atoms with Gasteiger partial charge in [0.1, 0.15) is 0 Å². The minimum atomic E-state index is -0.282. The highest BCUT2D eigenvalue weighted by atomic mass is 32.2. The second-order valence-electron chi connectivity index (χ2n) is 2.91. The van der Waals surface area contributed by atoms with Gasteiger partial charge in [0.15, 0.2) is 0 Å². The van der Waals surface area contributed by atoms with E-state index >= 15 is 0 Å². The predicted octanol–water partition coefficient (Wildman–Crippen LogP) is 0.516. The van der Waals surface area contributed by atoms with Crippen molar-refractivity contribution in [3.63, 3.8) is 0 Å². The van der Waals surface area contributed by atoms with Crippen molar-refractivity contribution in [1.82, 2.24) is 5.43 Å². The van der Waals surface area contributed by atoms with Crippen LogP contribution in [0, 0.1) is 0 Å². The number of rotatable bonds is 5. The van der Waals surface area contributed by atoms with Gasteiger partial charge >= 0.3 is 0 Å². The highest BCUT2D eigenvalue weighted by molar-refractivity contribution is 7.98. The fourth-order valence-corrected chi connectivity index (χ4v) is 1.94. The molecule has 0 saturated carbocycles. The van der Waals surface area contributed by atoms with E-state index in [1.165, 1.54) is 0 Å². The summed E-state index contributed by atoms with van der Waals surface area (Å²) in [5.74, 6) is 6.16. The second-order valence-corrected chi connectivity index (χ2v) is 4.01. The van der Waals surface area contributed by atoms with E-state index in [1.807, 2.05) is 12.1 Å². The van der Waals surface area contributed by atoms with Gasteiger partial charge in [0, 0.05) is 17.1 Å². The third-order valence-corrected chi connectivity index (χ3v) is 2.87. The smallest absolute Gasteiger partial charge is 0.265 e. The number of aliphatic hydroxyl groups excluding tert-OH is 1. The van der Waals surface area contributed by atoms with E-state index in [1.54, 1.807) is 23.9 Å². The molecule has 0 radical (unpaired) electrons. The Morgan fingerprint density at radius 3 is 2.87 bits per heavy atom. The van der Waals surface area contributed by atoms with Crippen LogP contribution in [-0.2, 0) is 5.75 Å². The lowest BCUT2D eigenvalue weighted by atomic mass is 10.1. The number of thioether (sulfide) groups is 1. The lowest BCUT2D eigenvalue weighted by Crippen LogP contribution is -2.30. The molecule has 1 rings (SSSR count). The summed E-state index contributed by atoms with van der Waals surface area (Å²) in [7, 11) is 0. The summed E-state index contributed by atoms with van der Waals surface area (Å²) in [5, 5.41) is 8.65. The van der Waals surface area contributed by atoms with E-state index in [4.69, 9.17) is 10.9 Å². The van der Waals surface area contributed by atoms with Crippen LogP contribution in [-0.4, -0.2) is 23.4 Å². The molecule has 1 aromatic carbocycles. The number of benzene rings is 1. The lowest BCUT2D eigenvalue weighted by molar-refractivity contribution is 0.0953. The molecule has 1 aromatic rings. The first kappa shape index (κ1) is 12.0. The minimum Gasteiger partial charge on any atom is -0.396 e. The van der Waals surface area contributed by atoms with E-state index in [9.17, 15) is 4.79 Å². The summed E-state index contributed by atoms with van der Waals surface area (Å²) >= 11 is 1.58. The van der Waals surface area contributed by atoms with Gasteiger partial charge in [0.25, 0.3) is 5.91 Å². The maximum Gasteiger partial charge on any atom is 0.265 e. The van der Waals surface area contributed by atoms with Gasteiger partial charge in [0.05, 0.1) is 6.61 Å². The second kappa shape index (κ2) is 6.44. The number of nitrogens with one attached hydrogen (secondary N) is 1. The summed E-state index contributed by atoms with van der Waals surface area (Å²) in [5.41, 5.74) is 3.63. The third kappa shape index (κ3) is 3.54. The number of hydrazine groups is 1. The molecule has 0 aliphatic carbocycles. The molecule has 82 valence electrons. The Morgan fingerprint density at radius 1 is 1.47 bits per heavy atom. The lowest BCUT2D eigenvalue weighted by Gasteiger charge is -2.07. The molecule has 0 aromatic heterocycles. The van der Waals surface area contributed by atoms with Crippen molar-refractivity contribution in [2.45, 2.75) is 5.75 Å². The maximum atomic E-state index is 11.4. The number of carbonyl (C=O) groups excluding carboxylic acids is 1. The van der Waals surface area contributed by atoms with Crippen molar-refractivity contribution in [2.24, 2.45) is 5.84 Å². The topological polar surface area (TPSA) is 75.3 Å². The number of hydrogen-bond donors (Lipinski definition) is 3. The average molecular weight is 226 g/mol. The zero-order valence-electron chi connectivity index (χ0n) is 8.27. The molecule has 0 fully saturated rings. The Bertz CT molecular complexity index is 331. The Balaban J connectivity index is 2.73. The van der Waals surface area contributed by atoms with Crippen molar-refractivity contribution in [3.8, 4) is 0 Å². The molecule has 4 nitrogen and oxygen atoms in total. The van der Waals surface area contributed by atoms with Gasteiger partial charge in [-0.25, -0.2) is 5.84 Å². The third-order valence-electron chi connectivity index (χ3n) is 1.89. The van der Waals surface area contributed by atoms with Gasteiger partial charge in [-0.2, -0.15) is 11.8 Å². The van der Waals surface area contributed by atoms with E-state index in [-0.39, 0.29) is 12.5 Å². The number of nitrogen functional groups attached to an aromatic ring is 1. The van der Waals surface area contributed by atoms with Crippen LogP contribution in [0.4, 0.5) is 0 Å². The van der Waals surface area contributed by atoms with Crippen LogP contribution >= 0.6 is 11.8 Å². The number of hydrogen-bond acceptors (Lipinski definition) is 4. The molecule has 0 saturated heterocycles. The molecule has 0 atom stereocenters. The normalized spacial score (nSPS) is 10.0. The van der Waals surface area contributed by atoms with E-state index in [2.05, 4.69) is 5.43 Å². The van der Waals surface area contributed by atoms with Gasteiger partial charge < -0.3 is 5.11 Å². The Morgan fingerprint density at radius 2 is 2.20 bits per heavy atom. The van der Waals surface area contributed by atoms with Crippen molar-refractivity contribution in [3.05, 3.63) is 35.4 Å². The molecule has 15 heavy (non-hydrogen) atoms. The van der Waals surface area contributed by atoms with Crippen LogP contribution < -0.4 is 11.3 Å². The number of aliphatic hydroxyl groups is 1. The molecular weight excluding hydrogens is 212 g/mol. The van der Waals surface area contributed by atoms with Gasteiger partial charge in [-0.05, 0) is 11.6 Å². The molecule has 0 heterocycles. The molecule has 0 aliphatic rings. The van der Waals surface area contributed by atoms with Gasteiger partial charge in [-0.15, -0.1) is 0 Å². The quantitative estimate of drug-likeness (QED) is 0.296. The van der Waals surface area contributed by atoms with Crippen LogP contribution in [0.2, 0.25) is 0 Å². The summed E-state index contributed by atoms with van der Waals surface area (Å²) < 4.78 is 0. The van der Waals surface area contributed by atoms with Gasteiger partial charge in [-0.3, -0.25) is 10.2 Å². The van der Waals surface area contributed by atoms with Crippen LogP contribution in [0.3, 0.4) is 0 Å². The van der Waals surface area contributed by atoms with Gasteiger partial charge in [-0.1, -0.05) is 18.2 Å². The standard InChI is InChI=1S/C10H14N2O2S/c11-12-10(14)9-4-2-1-3-8(9)7-15-6-5-13/h1-4,13H,5-7,11H2,(H,12,14). The van der Waals surface area contributed by atoms with Crippen LogP contribution in [0.5, 0.6) is 0 Å². The molecule has 0 unspecified atom stereocenters. The Labute approximate surface area is 92.8 Å². The molecule has 0 aliphatic heterocycles. The van der Waals surface area contributed by atoms with Crippen LogP contribution in [0.1, 0.15) is 15.9 Å². The van der Waals surface area contributed by atoms with E-state index in [0.29, 0.717) is 17.1 Å². The first-order chi connectivity index (χ1) is 7.29. The number of carbonyl (C=O) groups is 1. The van der Waals surface area contributed by atoms with Crippen molar-refractivity contribution in [2.75, 3.05) is 12.4 Å². The summed E-state index contributed by atoms with van der Waals surface area (Å²) in [4.78, 5) is 11.4. The molecule has 4 N–H and O–H groups in total. The number of nitrogens with two attached hydrogens (primary N) is 1. The van der Waals surface area contributed by atoms with Crippen molar-refractivity contribution >= 4 is 17.7 Å². The highest BCUT2D eigenvalue weighted by Crippen LogP contribution is 2.16. The number of amides is 1. The largest absolute Gasteiger partial charge is 0.396 e.